The standard InChI is InChI=1S/C11H10BrF3O3/c1-17-9-5-7(6-16)4-8(12)10(9)18-3-2-11(13,14)15/h4-6H,2-3H2,1H3. The van der Waals surface area contributed by atoms with Gasteiger partial charge in [0.1, 0.15) is 6.29 Å². The van der Waals surface area contributed by atoms with Crippen LogP contribution in [0.15, 0.2) is 16.6 Å². The zero-order valence-electron chi connectivity index (χ0n) is 9.38. The van der Waals surface area contributed by atoms with E-state index >= 15 is 0 Å². The summed E-state index contributed by atoms with van der Waals surface area (Å²) < 4.78 is 46.3. The Labute approximate surface area is 110 Å². The Morgan fingerprint density at radius 2 is 2.06 bits per heavy atom. The fourth-order valence-corrected chi connectivity index (χ4v) is 1.79. The number of hydrogen-bond donors (Lipinski definition) is 0. The number of carbonyl (C=O) groups excluding carboxylic acids is 1. The largest absolute Gasteiger partial charge is 0.493 e. The third kappa shape index (κ3) is 4.21. The molecule has 0 spiro atoms. The van der Waals surface area contributed by atoms with Crippen molar-refractivity contribution in [2.24, 2.45) is 0 Å². The number of ether oxygens (including phenoxy) is 2. The van der Waals surface area contributed by atoms with Gasteiger partial charge in [0, 0.05) is 5.56 Å². The van der Waals surface area contributed by atoms with Crippen LogP contribution in [0.5, 0.6) is 11.5 Å². The molecule has 0 unspecified atom stereocenters. The Morgan fingerprint density at radius 1 is 1.39 bits per heavy atom. The third-order valence-corrected chi connectivity index (χ3v) is 2.61. The van der Waals surface area contributed by atoms with Crippen LogP contribution in [0.1, 0.15) is 16.8 Å². The lowest BCUT2D eigenvalue weighted by Crippen LogP contribution is -2.13. The van der Waals surface area contributed by atoms with Crippen molar-refractivity contribution in [3.8, 4) is 11.5 Å². The van der Waals surface area contributed by atoms with Crippen LogP contribution in [0.2, 0.25) is 0 Å². The van der Waals surface area contributed by atoms with E-state index in [9.17, 15) is 18.0 Å². The van der Waals surface area contributed by atoms with Gasteiger partial charge in [0.25, 0.3) is 0 Å². The van der Waals surface area contributed by atoms with Crippen molar-refractivity contribution >= 4 is 22.2 Å². The molecule has 0 bridgehead atoms. The number of benzene rings is 1. The Hall–Kier alpha value is -1.24. The summed E-state index contributed by atoms with van der Waals surface area (Å²) in [5.41, 5.74) is 0.335. The van der Waals surface area contributed by atoms with Crippen LogP contribution >= 0.6 is 15.9 Å². The van der Waals surface area contributed by atoms with Gasteiger partial charge in [-0.3, -0.25) is 4.79 Å². The van der Waals surface area contributed by atoms with E-state index in [0.717, 1.165) is 0 Å². The molecule has 1 aromatic carbocycles. The van der Waals surface area contributed by atoms with E-state index in [0.29, 0.717) is 16.3 Å². The molecular formula is C11H10BrF3O3. The smallest absolute Gasteiger partial charge is 0.392 e. The molecular weight excluding hydrogens is 317 g/mol. The molecule has 100 valence electrons. The predicted octanol–water partition coefficient (Wildman–Crippen LogP) is 3.60. The summed E-state index contributed by atoms with van der Waals surface area (Å²) in [6.45, 7) is -0.515. The highest BCUT2D eigenvalue weighted by molar-refractivity contribution is 9.10. The number of halogens is 4. The van der Waals surface area contributed by atoms with Gasteiger partial charge in [0.2, 0.25) is 0 Å². The van der Waals surface area contributed by atoms with Crippen LogP contribution in [0.3, 0.4) is 0 Å². The van der Waals surface area contributed by atoms with Crippen LogP contribution in [0.25, 0.3) is 0 Å². The second kappa shape index (κ2) is 6.08. The Bertz CT molecular complexity index is 432. The molecule has 7 heteroatoms. The second-order valence-electron chi connectivity index (χ2n) is 3.37. The number of aldehydes is 1. The predicted molar refractivity (Wildman–Crippen MR) is 62.2 cm³/mol. The van der Waals surface area contributed by atoms with E-state index < -0.39 is 19.2 Å². The zero-order chi connectivity index (χ0) is 13.8. The van der Waals surface area contributed by atoms with Crippen LogP contribution in [-0.4, -0.2) is 26.2 Å². The monoisotopic (exact) mass is 326 g/mol. The summed E-state index contributed by atoms with van der Waals surface area (Å²) in [7, 11) is 1.34. The quantitative estimate of drug-likeness (QED) is 0.775. The van der Waals surface area contributed by atoms with Gasteiger partial charge in [0.05, 0.1) is 24.6 Å². The average Bonchev–Trinajstić information content (AvgIpc) is 2.29. The lowest BCUT2D eigenvalue weighted by molar-refractivity contribution is -0.139. The molecule has 0 N–H and O–H groups in total. The molecule has 0 aliphatic rings. The van der Waals surface area contributed by atoms with Crippen molar-refractivity contribution in [2.45, 2.75) is 12.6 Å². The Morgan fingerprint density at radius 3 is 2.56 bits per heavy atom. The van der Waals surface area contributed by atoms with Crippen molar-refractivity contribution in [1.29, 1.82) is 0 Å². The first-order chi connectivity index (χ1) is 8.37. The van der Waals surface area contributed by atoms with Crippen molar-refractivity contribution in [2.75, 3.05) is 13.7 Å². The normalized spacial score (nSPS) is 11.2. The van der Waals surface area contributed by atoms with Gasteiger partial charge in [-0.05, 0) is 28.1 Å². The molecule has 0 atom stereocenters. The first-order valence-corrected chi connectivity index (χ1v) is 5.69. The number of rotatable bonds is 5. The van der Waals surface area contributed by atoms with Crippen LogP contribution in [0.4, 0.5) is 13.2 Å². The van der Waals surface area contributed by atoms with Gasteiger partial charge in [0.15, 0.2) is 11.5 Å². The maximum absolute atomic E-state index is 12.0. The fourth-order valence-electron chi connectivity index (χ4n) is 1.22. The first kappa shape index (κ1) is 14.8. The van der Waals surface area contributed by atoms with Gasteiger partial charge in [-0.1, -0.05) is 0 Å². The lowest BCUT2D eigenvalue weighted by Gasteiger charge is -2.13. The molecule has 0 radical (unpaired) electrons. The topological polar surface area (TPSA) is 35.5 Å². The number of alkyl halides is 3. The van der Waals surface area contributed by atoms with E-state index in [1.165, 1.54) is 19.2 Å². The molecule has 0 aromatic heterocycles. The number of methoxy groups -OCH3 is 1. The lowest BCUT2D eigenvalue weighted by atomic mass is 10.2. The Kier molecular flexibility index (Phi) is 5.01. The van der Waals surface area contributed by atoms with E-state index in [1.54, 1.807) is 0 Å². The molecule has 3 nitrogen and oxygen atoms in total. The van der Waals surface area contributed by atoms with Gasteiger partial charge in [-0.15, -0.1) is 0 Å². The van der Waals surface area contributed by atoms with E-state index in [4.69, 9.17) is 9.47 Å². The van der Waals surface area contributed by atoms with Crippen LogP contribution in [-0.2, 0) is 0 Å². The van der Waals surface area contributed by atoms with Gasteiger partial charge < -0.3 is 9.47 Å². The third-order valence-electron chi connectivity index (χ3n) is 2.02. The van der Waals surface area contributed by atoms with E-state index in [1.807, 2.05) is 0 Å². The maximum Gasteiger partial charge on any atom is 0.392 e. The molecule has 1 aromatic rings. The maximum atomic E-state index is 12.0. The molecule has 18 heavy (non-hydrogen) atoms. The minimum Gasteiger partial charge on any atom is -0.493 e. The average molecular weight is 327 g/mol. The van der Waals surface area contributed by atoms with Crippen molar-refractivity contribution < 1.29 is 27.4 Å². The van der Waals surface area contributed by atoms with Gasteiger partial charge in [-0.25, -0.2) is 0 Å². The number of hydrogen-bond acceptors (Lipinski definition) is 3. The molecule has 0 fully saturated rings. The molecule has 0 aliphatic carbocycles. The molecule has 0 aliphatic heterocycles. The SMILES string of the molecule is COc1cc(C=O)cc(Br)c1OCCC(F)(F)F. The summed E-state index contributed by atoms with van der Waals surface area (Å²) in [5.74, 6) is 0.348. The van der Waals surface area contributed by atoms with Crippen molar-refractivity contribution in [1.82, 2.24) is 0 Å². The minimum atomic E-state index is -4.28. The van der Waals surface area contributed by atoms with Crippen molar-refractivity contribution in [3.63, 3.8) is 0 Å². The van der Waals surface area contributed by atoms with Crippen LogP contribution < -0.4 is 9.47 Å². The summed E-state index contributed by atoms with van der Waals surface area (Å²) >= 11 is 3.12. The highest BCUT2D eigenvalue weighted by Crippen LogP contribution is 2.36. The highest BCUT2D eigenvalue weighted by Gasteiger charge is 2.27. The fraction of sp³-hybridized carbons (Fsp3) is 0.364. The minimum absolute atomic E-state index is 0.146. The van der Waals surface area contributed by atoms with Gasteiger partial charge in [-0.2, -0.15) is 13.2 Å². The molecule has 0 heterocycles. The van der Waals surface area contributed by atoms with Crippen molar-refractivity contribution in [3.05, 3.63) is 22.2 Å². The highest BCUT2D eigenvalue weighted by atomic mass is 79.9. The van der Waals surface area contributed by atoms with Crippen LogP contribution in [0, 0.1) is 0 Å². The first-order valence-electron chi connectivity index (χ1n) is 4.89. The zero-order valence-corrected chi connectivity index (χ0v) is 11.0. The second-order valence-corrected chi connectivity index (χ2v) is 4.22. The van der Waals surface area contributed by atoms with Gasteiger partial charge >= 0.3 is 6.18 Å². The van der Waals surface area contributed by atoms with E-state index in [2.05, 4.69) is 15.9 Å². The summed E-state index contributed by atoms with van der Waals surface area (Å²) in [4.78, 5) is 10.6. The molecule has 0 amide bonds. The Balaban J connectivity index is 2.84. The summed E-state index contributed by atoms with van der Waals surface area (Å²) in [5, 5.41) is 0. The molecule has 1 rings (SSSR count). The summed E-state index contributed by atoms with van der Waals surface area (Å²) in [6.07, 6.45) is -4.73. The molecule has 0 saturated heterocycles. The summed E-state index contributed by atoms with van der Waals surface area (Å²) in [6, 6.07) is 2.83. The van der Waals surface area contributed by atoms with E-state index in [-0.39, 0.29) is 11.5 Å². The molecule has 0 saturated carbocycles. The number of carbonyl (C=O) groups is 1.